The van der Waals surface area contributed by atoms with Gasteiger partial charge in [0, 0.05) is 24.2 Å². The Morgan fingerprint density at radius 2 is 1.55 bits per heavy atom. The van der Waals surface area contributed by atoms with Crippen LogP contribution in [0.5, 0.6) is 11.5 Å². The molecule has 0 aliphatic heterocycles. The first-order valence-electron chi connectivity index (χ1n) is 12.6. The third kappa shape index (κ3) is 4.84. The lowest BCUT2D eigenvalue weighted by molar-refractivity contribution is 0.264. The van der Waals surface area contributed by atoms with E-state index in [-0.39, 0.29) is 17.9 Å². The fourth-order valence-corrected chi connectivity index (χ4v) is 4.27. The van der Waals surface area contributed by atoms with E-state index >= 15 is 0 Å². The van der Waals surface area contributed by atoms with Gasteiger partial charge in [0.1, 0.15) is 22.8 Å². The van der Waals surface area contributed by atoms with Crippen molar-refractivity contribution in [3.05, 3.63) is 81.5 Å². The SMILES string of the molecule is CCCn1c(=O)c2[nH]c(-c3ccc(OCc4ncc(-c5ccc(OC)cc5)o4)cc3)nc2n(CCC)c1=O. The summed E-state index contributed by atoms with van der Waals surface area (Å²) in [6.45, 7) is 4.93. The maximum Gasteiger partial charge on any atom is 0.332 e. The van der Waals surface area contributed by atoms with Crippen molar-refractivity contribution in [3.8, 4) is 34.2 Å². The van der Waals surface area contributed by atoms with Gasteiger partial charge in [-0.15, -0.1) is 0 Å². The molecule has 2 aromatic carbocycles. The predicted molar refractivity (Wildman–Crippen MR) is 143 cm³/mol. The summed E-state index contributed by atoms with van der Waals surface area (Å²) in [4.78, 5) is 37.9. The molecule has 5 aromatic rings. The van der Waals surface area contributed by atoms with E-state index in [1.807, 2.05) is 62.4 Å². The Hall–Kier alpha value is -4.60. The first-order valence-corrected chi connectivity index (χ1v) is 12.6. The Labute approximate surface area is 218 Å². The molecular formula is C28H29N5O5. The van der Waals surface area contributed by atoms with Gasteiger partial charge in [0.25, 0.3) is 5.56 Å². The highest BCUT2D eigenvalue weighted by atomic mass is 16.5. The number of hydrogen-bond donors (Lipinski definition) is 1. The molecule has 38 heavy (non-hydrogen) atoms. The smallest absolute Gasteiger partial charge is 0.332 e. The molecule has 0 aliphatic rings. The van der Waals surface area contributed by atoms with Crippen LogP contribution in [0.3, 0.4) is 0 Å². The van der Waals surface area contributed by atoms with Crippen molar-refractivity contribution < 1.29 is 13.9 Å². The molecule has 5 rings (SSSR count). The van der Waals surface area contributed by atoms with Gasteiger partial charge in [-0.2, -0.15) is 0 Å². The first kappa shape index (κ1) is 25.1. The van der Waals surface area contributed by atoms with Gasteiger partial charge >= 0.3 is 5.69 Å². The van der Waals surface area contributed by atoms with Gasteiger partial charge in [0.05, 0.1) is 13.3 Å². The number of aromatic nitrogens is 5. The molecule has 0 unspecified atom stereocenters. The number of benzene rings is 2. The summed E-state index contributed by atoms with van der Waals surface area (Å²) in [5.41, 5.74) is 1.70. The van der Waals surface area contributed by atoms with Crippen LogP contribution in [0.1, 0.15) is 32.6 Å². The zero-order valence-electron chi connectivity index (χ0n) is 21.6. The highest BCUT2D eigenvalue weighted by Gasteiger charge is 2.17. The van der Waals surface area contributed by atoms with Crippen LogP contribution >= 0.6 is 0 Å². The van der Waals surface area contributed by atoms with Crippen molar-refractivity contribution in [2.24, 2.45) is 0 Å². The summed E-state index contributed by atoms with van der Waals surface area (Å²) in [5, 5.41) is 0. The molecule has 0 spiro atoms. The van der Waals surface area contributed by atoms with Crippen LogP contribution in [0.4, 0.5) is 0 Å². The van der Waals surface area contributed by atoms with Gasteiger partial charge in [-0.05, 0) is 61.4 Å². The zero-order valence-corrected chi connectivity index (χ0v) is 21.6. The lowest BCUT2D eigenvalue weighted by Crippen LogP contribution is -2.40. The molecule has 0 saturated carbocycles. The van der Waals surface area contributed by atoms with Crippen molar-refractivity contribution in [2.45, 2.75) is 46.4 Å². The fraction of sp³-hybridized carbons (Fsp3) is 0.286. The summed E-state index contributed by atoms with van der Waals surface area (Å²) >= 11 is 0. The Bertz CT molecular complexity index is 1660. The quantitative estimate of drug-likeness (QED) is 0.288. The normalized spacial score (nSPS) is 11.2. The number of fused-ring (bicyclic) bond motifs is 1. The molecule has 0 fully saturated rings. The molecule has 0 bridgehead atoms. The largest absolute Gasteiger partial charge is 0.497 e. The van der Waals surface area contributed by atoms with Gasteiger partial charge in [-0.25, -0.2) is 14.8 Å². The average molecular weight is 516 g/mol. The first-order chi connectivity index (χ1) is 18.5. The van der Waals surface area contributed by atoms with Crippen molar-refractivity contribution in [3.63, 3.8) is 0 Å². The fourth-order valence-electron chi connectivity index (χ4n) is 4.27. The molecule has 0 saturated heterocycles. The van der Waals surface area contributed by atoms with Crippen molar-refractivity contribution in [2.75, 3.05) is 7.11 Å². The average Bonchev–Trinajstić information content (AvgIpc) is 3.61. The van der Waals surface area contributed by atoms with E-state index in [0.29, 0.717) is 53.9 Å². The molecule has 3 aromatic heterocycles. The standard InChI is InChI=1S/C28H29N5O5/c1-4-14-32-26-24(27(34)33(15-5-2)28(32)35)30-25(31-26)19-8-12-21(13-9-19)37-17-23-29-16-22(38-23)18-6-10-20(36-3)11-7-18/h6-13,16H,4-5,14-15,17H2,1-3H3,(H,30,31). The minimum absolute atomic E-state index is 0.167. The second kappa shape index (κ2) is 10.8. The topological polar surface area (TPSA) is 117 Å². The Morgan fingerprint density at radius 1 is 0.895 bits per heavy atom. The van der Waals surface area contributed by atoms with Gasteiger partial charge in [0.15, 0.2) is 18.0 Å². The van der Waals surface area contributed by atoms with E-state index < -0.39 is 0 Å². The van der Waals surface area contributed by atoms with E-state index in [9.17, 15) is 9.59 Å². The van der Waals surface area contributed by atoms with Crippen LogP contribution in [-0.4, -0.2) is 31.2 Å². The number of aryl methyl sites for hydroxylation is 1. The molecule has 0 radical (unpaired) electrons. The van der Waals surface area contributed by atoms with Crippen molar-refractivity contribution in [1.82, 2.24) is 24.1 Å². The summed E-state index contributed by atoms with van der Waals surface area (Å²) in [5.74, 6) is 3.01. The molecular weight excluding hydrogens is 486 g/mol. The molecule has 3 heterocycles. The number of H-pyrrole nitrogens is 1. The molecule has 196 valence electrons. The van der Waals surface area contributed by atoms with Gasteiger partial charge in [-0.1, -0.05) is 13.8 Å². The van der Waals surface area contributed by atoms with Crippen LogP contribution in [0.15, 0.2) is 68.7 Å². The number of nitrogens with zero attached hydrogens (tertiary/aromatic N) is 4. The van der Waals surface area contributed by atoms with E-state index in [1.54, 1.807) is 17.9 Å². The van der Waals surface area contributed by atoms with E-state index in [0.717, 1.165) is 23.3 Å². The highest BCUT2D eigenvalue weighted by Crippen LogP contribution is 2.25. The summed E-state index contributed by atoms with van der Waals surface area (Å²) < 4.78 is 19.7. The van der Waals surface area contributed by atoms with Gasteiger partial charge in [0.2, 0.25) is 5.89 Å². The molecule has 0 atom stereocenters. The number of rotatable bonds is 10. The predicted octanol–water partition coefficient (Wildman–Crippen LogP) is 4.62. The van der Waals surface area contributed by atoms with E-state index in [4.69, 9.17) is 13.9 Å². The lowest BCUT2D eigenvalue weighted by Gasteiger charge is -2.09. The number of aromatic amines is 1. The van der Waals surface area contributed by atoms with Crippen molar-refractivity contribution in [1.29, 1.82) is 0 Å². The third-order valence-electron chi connectivity index (χ3n) is 6.17. The minimum Gasteiger partial charge on any atom is -0.497 e. The van der Waals surface area contributed by atoms with Crippen LogP contribution in [-0.2, 0) is 19.7 Å². The monoisotopic (exact) mass is 515 g/mol. The summed E-state index contributed by atoms with van der Waals surface area (Å²) in [7, 11) is 1.62. The Kier molecular flexibility index (Phi) is 7.12. The van der Waals surface area contributed by atoms with Crippen LogP contribution in [0.25, 0.3) is 33.9 Å². The molecule has 1 N–H and O–H groups in total. The van der Waals surface area contributed by atoms with Crippen LogP contribution in [0, 0.1) is 0 Å². The number of methoxy groups -OCH3 is 1. The summed E-state index contributed by atoms with van der Waals surface area (Å²) in [6.07, 6.45) is 3.10. The van der Waals surface area contributed by atoms with Crippen molar-refractivity contribution >= 4 is 11.2 Å². The van der Waals surface area contributed by atoms with Gasteiger partial charge in [-0.3, -0.25) is 13.9 Å². The van der Waals surface area contributed by atoms with E-state index in [2.05, 4.69) is 15.0 Å². The molecule has 10 nitrogen and oxygen atoms in total. The van der Waals surface area contributed by atoms with Crippen LogP contribution in [0.2, 0.25) is 0 Å². The maximum atomic E-state index is 13.0. The summed E-state index contributed by atoms with van der Waals surface area (Å²) in [6, 6.07) is 14.8. The number of oxazole rings is 1. The Morgan fingerprint density at radius 3 is 2.24 bits per heavy atom. The van der Waals surface area contributed by atoms with E-state index in [1.165, 1.54) is 4.57 Å². The number of imidazole rings is 1. The number of nitrogens with one attached hydrogen (secondary N) is 1. The number of hydrogen-bond acceptors (Lipinski definition) is 7. The van der Waals surface area contributed by atoms with Crippen LogP contribution < -0.4 is 20.7 Å². The molecule has 0 amide bonds. The Balaban J connectivity index is 1.33. The number of ether oxygens (including phenoxy) is 2. The third-order valence-corrected chi connectivity index (χ3v) is 6.17. The lowest BCUT2D eigenvalue weighted by atomic mass is 10.2. The second-order valence-corrected chi connectivity index (χ2v) is 8.83. The van der Waals surface area contributed by atoms with Gasteiger partial charge < -0.3 is 18.9 Å². The molecule has 10 heteroatoms. The molecule has 0 aliphatic carbocycles. The maximum absolute atomic E-state index is 13.0. The minimum atomic E-state index is -0.349. The highest BCUT2D eigenvalue weighted by molar-refractivity contribution is 5.75. The second-order valence-electron chi connectivity index (χ2n) is 8.83. The zero-order chi connectivity index (χ0) is 26.6.